The Balaban J connectivity index is 0.000000245. The highest BCUT2D eigenvalue weighted by atomic mass is 16.5. The molecule has 3 atom stereocenters. The summed E-state index contributed by atoms with van der Waals surface area (Å²) in [4.78, 5) is 28.8. The van der Waals surface area contributed by atoms with E-state index in [-0.39, 0.29) is 25.1 Å². The third-order valence-electron chi connectivity index (χ3n) is 13.7. The average Bonchev–Trinajstić information content (AvgIpc) is 3.57. The van der Waals surface area contributed by atoms with Crippen LogP contribution in [0.25, 0.3) is 68.3 Å². The fraction of sp³-hybridized carbons (Fsp3) is 0.373. The Kier molecular flexibility index (Phi) is 23.0. The summed E-state index contributed by atoms with van der Waals surface area (Å²) in [7, 11) is 0. The Labute approximate surface area is 468 Å². The molecule has 0 aliphatic rings. The zero-order valence-corrected chi connectivity index (χ0v) is 47.4. The minimum atomic E-state index is -0.760. The van der Waals surface area contributed by atoms with Gasteiger partial charge in [-0.1, -0.05) is 192 Å². The maximum absolute atomic E-state index is 11.1. The average molecular weight is 1070 g/mol. The van der Waals surface area contributed by atoms with Crippen molar-refractivity contribution in [3.63, 3.8) is 0 Å². The number of aromatic nitrogens is 6. The van der Waals surface area contributed by atoms with Gasteiger partial charge in [-0.05, 0) is 82.9 Å². The van der Waals surface area contributed by atoms with Gasteiger partial charge in [-0.2, -0.15) is 0 Å². The first-order valence-electron chi connectivity index (χ1n) is 28.3. The van der Waals surface area contributed by atoms with Crippen molar-refractivity contribution in [2.24, 2.45) is 0 Å². The highest BCUT2D eigenvalue weighted by molar-refractivity contribution is 5.73. The predicted octanol–water partition coefficient (Wildman–Crippen LogP) is 15.3. The van der Waals surface area contributed by atoms with Crippen LogP contribution in [0, 0.1) is 27.7 Å². The summed E-state index contributed by atoms with van der Waals surface area (Å²) < 4.78 is 17.8. The quantitative estimate of drug-likeness (QED) is 0.0418. The fourth-order valence-electron chi connectivity index (χ4n) is 9.35. The van der Waals surface area contributed by atoms with E-state index in [1.54, 1.807) is 19.1 Å². The second-order valence-corrected chi connectivity index (χ2v) is 20.6. The zero-order chi connectivity index (χ0) is 55.9. The monoisotopic (exact) mass is 1060 g/mol. The molecule has 8 aromatic rings. The maximum atomic E-state index is 11.1. The molecular weight excluding hydrogens is 985 g/mol. The number of aliphatic hydroxyl groups is 2. The van der Waals surface area contributed by atoms with Gasteiger partial charge < -0.3 is 29.5 Å². The van der Waals surface area contributed by atoms with Gasteiger partial charge in [0, 0.05) is 41.3 Å². The highest BCUT2D eigenvalue weighted by Gasteiger charge is 2.20. The molecular formula is C67H80N6O6. The van der Waals surface area contributed by atoms with Crippen molar-refractivity contribution in [3.05, 3.63) is 162 Å². The first-order chi connectivity index (χ1) is 38.4. The predicted molar refractivity (Wildman–Crippen MR) is 318 cm³/mol. The lowest BCUT2D eigenvalue weighted by Gasteiger charge is -2.20. The number of phenolic OH excluding ortho intramolecular Hbond substituents is 1. The Morgan fingerprint density at radius 2 is 0.937 bits per heavy atom. The van der Waals surface area contributed by atoms with Crippen LogP contribution < -0.4 is 9.47 Å². The van der Waals surface area contributed by atoms with Gasteiger partial charge in [0.25, 0.3) is 0 Å². The first-order valence-corrected chi connectivity index (χ1v) is 28.3. The van der Waals surface area contributed by atoms with E-state index in [1.807, 2.05) is 123 Å². The first kappa shape index (κ1) is 59.3. The van der Waals surface area contributed by atoms with Gasteiger partial charge in [-0.25, -0.2) is 29.9 Å². The number of benzene rings is 6. The van der Waals surface area contributed by atoms with Crippen molar-refractivity contribution in [2.45, 2.75) is 144 Å². The normalized spacial score (nSPS) is 12.3. The van der Waals surface area contributed by atoms with Crippen molar-refractivity contribution in [2.75, 3.05) is 19.8 Å². The van der Waals surface area contributed by atoms with Crippen molar-refractivity contribution in [1.29, 1.82) is 0 Å². The summed E-state index contributed by atoms with van der Waals surface area (Å²) in [5, 5.41) is 31.3. The minimum absolute atomic E-state index is 0.0152. The van der Waals surface area contributed by atoms with Crippen LogP contribution in [0.1, 0.15) is 120 Å². The number of hydrogen-bond acceptors (Lipinski definition) is 12. The summed E-state index contributed by atoms with van der Waals surface area (Å²) in [6.07, 6.45) is 12.8. The van der Waals surface area contributed by atoms with Crippen molar-refractivity contribution in [3.8, 4) is 85.6 Å². The summed E-state index contributed by atoms with van der Waals surface area (Å²) in [5.74, 6) is 4.36. The molecule has 6 aromatic carbocycles. The van der Waals surface area contributed by atoms with Crippen LogP contribution in [-0.2, 0) is 4.74 Å². The number of aromatic hydroxyl groups is 1. The number of nitrogens with zero attached hydrogens (tertiary/aromatic N) is 6. The van der Waals surface area contributed by atoms with Crippen molar-refractivity contribution >= 4 is 0 Å². The van der Waals surface area contributed by atoms with Gasteiger partial charge in [-0.15, -0.1) is 0 Å². The molecule has 414 valence electrons. The molecule has 2 aromatic heterocycles. The second kappa shape index (κ2) is 30.7. The summed E-state index contributed by atoms with van der Waals surface area (Å²) in [6, 6.07) is 45.0. The zero-order valence-electron chi connectivity index (χ0n) is 47.4. The van der Waals surface area contributed by atoms with Crippen LogP contribution in [-0.4, -0.2) is 83.4 Å². The molecule has 12 nitrogen and oxygen atoms in total. The Morgan fingerprint density at radius 1 is 0.468 bits per heavy atom. The number of hydrogen-bond donors (Lipinski definition) is 3. The molecule has 3 unspecified atom stereocenters. The van der Waals surface area contributed by atoms with Gasteiger partial charge in [-0.3, -0.25) is 0 Å². The number of ether oxygens (including phenoxy) is 3. The lowest BCUT2D eigenvalue weighted by atomic mass is 10.0. The summed E-state index contributed by atoms with van der Waals surface area (Å²) >= 11 is 0. The van der Waals surface area contributed by atoms with E-state index >= 15 is 0 Å². The van der Waals surface area contributed by atoms with E-state index in [1.165, 1.54) is 57.4 Å². The molecule has 8 rings (SSSR count). The van der Waals surface area contributed by atoms with Gasteiger partial charge in [0.05, 0.1) is 23.8 Å². The number of aliphatic hydroxyl groups excluding tert-OH is 2. The van der Waals surface area contributed by atoms with E-state index in [0.717, 1.165) is 69.3 Å². The molecule has 0 bridgehead atoms. The minimum Gasteiger partial charge on any atom is -0.507 e. The summed E-state index contributed by atoms with van der Waals surface area (Å²) in [5.41, 5.74) is 9.39. The summed E-state index contributed by atoms with van der Waals surface area (Å²) in [6.45, 7) is 15.2. The second-order valence-electron chi connectivity index (χ2n) is 20.6. The fourth-order valence-corrected chi connectivity index (χ4v) is 9.35. The number of unbranched alkanes of at least 4 members (excludes halogenated alkanes) is 9. The van der Waals surface area contributed by atoms with E-state index < -0.39 is 12.2 Å². The molecule has 0 fully saturated rings. The molecule has 12 heteroatoms. The SMILES string of the molecule is CCC(CC(C)O)Oc1ccccc1-c1nc(-c2ccccc2)nc(-c2ccccc2)n1.CCCCCCCCCCCCOCC(O)COc1ccc(-c2nc(-c3ccc(C)cc3C)nc(-c3ccc(C)cc3C)n2)c(O)c1. The standard InChI is InChI=1S/C40H53N3O4.C27H27N3O2/c1-6-7-8-9-10-11-12-13-14-15-22-46-26-32(44)27-47-33-18-21-36(37(45)25-33)40-42-38(34-19-16-28(2)23-30(34)4)41-39(43-40)35-20-17-29(3)24-31(35)5;1-3-22(18-19(2)31)32-24-17-11-10-16-23(24)27-29-25(20-12-6-4-7-13-20)28-26(30-27)21-14-8-5-9-15-21/h16-21,23-25,32,44-45H,6-15,22,26-27H2,1-5H3;4-17,19,22,31H,3,18H2,1-2H3. The van der Waals surface area contributed by atoms with Crippen molar-refractivity contribution in [1.82, 2.24) is 29.9 Å². The molecule has 0 aliphatic carbocycles. The van der Waals surface area contributed by atoms with Crippen LogP contribution in [0.3, 0.4) is 0 Å². The molecule has 2 heterocycles. The van der Waals surface area contributed by atoms with Gasteiger partial charge in [0.2, 0.25) is 0 Å². The van der Waals surface area contributed by atoms with Gasteiger partial charge in [0.15, 0.2) is 34.9 Å². The molecule has 0 radical (unpaired) electrons. The number of aryl methyl sites for hydroxylation is 4. The third kappa shape index (κ3) is 18.1. The van der Waals surface area contributed by atoms with E-state index in [0.29, 0.717) is 65.0 Å². The molecule has 3 N–H and O–H groups in total. The highest BCUT2D eigenvalue weighted by Crippen LogP contribution is 2.35. The smallest absolute Gasteiger partial charge is 0.167 e. The van der Waals surface area contributed by atoms with E-state index in [4.69, 9.17) is 44.1 Å². The molecule has 79 heavy (non-hydrogen) atoms. The molecule has 0 spiro atoms. The van der Waals surface area contributed by atoms with Crippen LogP contribution >= 0.6 is 0 Å². The van der Waals surface area contributed by atoms with Gasteiger partial charge in [0.1, 0.15) is 36.1 Å². The number of rotatable bonds is 27. The van der Waals surface area contributed by atoms with E-state index in [2.05, 4.69) is 39.8 Å². The third-order valence-corrected chi connectivity index (χ3v) is 13.7. The maximum Gasteiger partial charge on any atom is 0.167 e. The van der Waals surface area contributed by atoms with E-state index in [9.17, 15) is 15.3 Å². The molecule has 0 saturated heterocycles. The Morgan fingerprint density at radius 3 is 1.46 bits per heavy atom. The molecule has 0 saturated carbocycles. The van der Waals surface area contributed by atoms with Gasteiger partial charge >= 0.3 is 0 Å². The van der Waals surface area contributed by atoms with Crippen LogP contribution in [0.4, 0.5) is 0 Å². The Hall–Kier alpha value is -7.38. The molecule has 0 amide bonds. The van der Waals surface area contributed by atoms with Crippen molar-refractivity contribution < 1.29 is 29.5 Å². The van der Waals surface area contributed by atoms with Crippen LogP contribution in [0.15, 0.2) is 140 Å². The topological polar surface area (TPSA) is 166 Å². The number of para-hydroxylation sites is 1. The Bertz CT molecular complexity index is 3010. The molecule has 0 aliphatic heterocycles. The number of phenols is 1. The van der Waals surface area contributed by atoms with Crippen LogP contribution in [0.5, 0.6) is 17.2 Å². The largest absolute Gasteiger partial charge is 0.507 e. The lowest BCUT2D eigenvalue weighted by molar-refractivity contribution is 0.0109. The van der Waals surface area contributed by atoms with Crippen LogP contribution in [0.2, 0.25) is 0 Å². The lowest BCUT2D eigenvalue weighted by Crippen LogP contribution is -2.23.